The molecule has 0 aliphatic carbocycles. The number of thioether (sulfide) groups is 1. The van der Waals surface area contributed by atoms with Gasteiger partial charge in [-0.1, -0.05) is 59.8 Å². The molecule has 1 fully saturated rings. The highest BCUT2D eigenvalue weighted by molar-refractivity contribution is 8.27. The number of hydrogen-bond acceptors (Lipinski definition) is 7. The van der Waals surface area contributed by atoms with Gasteiger partial charge in [0.1, 0.15) is 6.61 Å². The van der Waals surface area contributed by atoms with Gasteiger partial charge in [0.25, 0.3) is 5.91 Å². The molecule has 34 heavy (non-hydrogen) atoms. The van der Waals surface area contributed by atoms with Gasteiger partial charge in [0.15, 0.2) is 27.3 Å². The smallest absolute Gasteiger partial charge is 0.270 e. The molecule has 0 atom stereocenters. The Morgan fingerprint density at radius 1 is 1.09 bits per heavy atom. The van der Waals surface area contributed by atoms with E-state index in [2.05, 4.69) is 0 Å². The second kappa shape index (κ2) is 9.58. The molecule has 0 radical (unpaired) electrons. The molecule has 2 aliphatic rings. The molecule has 5 rings (SSSR count). The maximum Gasteiger partial charge on any atom is 0.270 e. The van der Waals surface area contributed by atoms with Gasteiger partial charge in [-0.25, -0.2) is 0 Å². The molecule has 2 heterocycles. The van der Waals surface area contributed by atoms with Crippen LogP contribution in [0.1, 0.15) is 11.1 Å². The zero-order valence-electron chi connectivity index (χ0n) is 17.9. The van der Waals surface area contributed by atoms with Crippen LogP contribution in [0.25, 0.3) is 6.08 Å². The first-order valence-corrected chi connectivity index (χ1v) is 11.9. The summed E-state index contributed by atoms with van der Waals surface area (Å²) in [6.45, 7) is 0.473. The summed E-state index contributed by atoms with van der Waals surface area (Å²) < 4.78 is 22.6. The summed E-state index contributed by atoms with van der Waals surface area (Å²) >= 11 is 12.9. The standard InChI is InChI=1S/C25H18ClNO5S2/c1-29-21-10-15(6-8-19(21)30-13-16-4-2-3-5-18(16)26)11-23-24(28)27(25(33)34-23)17-7-9-20-22(12-17)32-14-31-20/h2-12H,13-14H2,1H3/b23-11-. The fourth-order valence-electron chi connectivity index (χ4n) is 3.53. The number of hydrogen-bond donors (Lipinski definition) is 0. The highest BCUT2D eigenvalue weighted by Gasteiger charge is 2.34. The lowest BCUT2D eigenvalue weighted by atomic mass is 10.1. The highest BCUT2D eigenvalue weighted by atomic mass is 35.5. The Morgan fingerprint density at radius 2 is 1.91 bits per heavy atom. The molecule has 0 N–H and O–H groups in total. The van der Waals surface area contributed by atoms with Crippen molar-refractivity contribution in [3.63, 3.8) is 0 Å². The first kappa shape index (κ1) is 22.6. The Labute approximate surface area is 211 Å². The minimum absolute atomic E-state index is 0.164. The number of rotatable bonds is 6. The Balaban J connectivity index is 1.35. The SMILES string of the molecule is COc1cc(/C=C2\SC(=S)N(c3ccc4c(c3)OCO4)C2=O)ccc1OCc1ccccc1Cl. The molecule has 1 amide bonds. The molecule has 0 spiro atoms. The van der Waals surface area contributed by atoms with E-state index in [1.54, 1.807) is 37.5 Å². The van der Waals surface area contributed by atoms with Crippen molar-refractivity contribution in [1.82, 2.24) is 0 Å². The van der Waals surface area contributed by atoms with Crippen LogP contribution in [0.5, 0.6) is 23.0 Å². The summed E-state index contributed by atoms with van der Waals surface area (Å²) in [5, 5.41) is 0.641. The first-order chi connectivity index (χ1) is 16.5. The van der Waals surface area contributed by atoms with Gasteiger partial charge in [-0.2, -0.15) is 0 Å². The van der Waals surface area contributed by atoms with Gasteiger partial charge in [0, 0.05) is 16.7 Å². The van der Waals surface area contributed by atoms with E-state index in [9.17, 15) is 4.79 Å². The third-order valence-electron chi connectivity index (χ3n) is 5.23. The van der Waals surface area contributed by atoms with Crippen LogP contribution in [-0.2, 0) is 11.4 Å². The number of benzene rings is 3. The fourth-order valence-corrected chi connectivity index (χ4v) is 5.02. The molecule has 0 saturated carbocycles. The number of amides is 1. The van der Waals surface area contributed by atoms with Gasteiger partial charge in [0.05, 0.1) is 17.7 Å². The zero-order chi connectivity index (χ0) is 23.7. The molecule has 2 aliphatic heterocycles. The molecule has 172 valence electrons. The van der Waals surface area contributed by atoms with Gasteiger partial charge in [0.2, 0.25) is 6.79 Å². The van der Waals surface area contributed by atoms with E-state index in [4.69, 9.17) is 42.8 Å². The molecular weight excluding hydrogens is 494 g/mol. The molecule has 3 aromatic carbocycles. The van der Waals surface area contributed by atoms with Crippen molar-refractivity contribution in [2.24, 2.45) is 0 Å². The average Bonchev–Trinajstić information content (AvgIpc) is 3.42. The van der Waals surface area contributed by atoms with Crippen LogP contribution in [0.4, 0.5) is 5.69 Å². The van der Waals surface area contributed by atoms with Crippen molar-refractivity contribution in [3.05, 3.63) is 81.7 Å². The van der Waals surface area contributed by atoms with E-state index >= 15 is 0 Å². The highest BCUT2D eigenvalue weighted by Crippen LogP contribution is 2.41. The van der Waals surface area contributed by atoms with Crippen LogP contribution < -0.4 is 23.8 Å². The number of methoxy groups -OCH3 is 1. The molecule has 0 aromatic heterocycles. The van der Waals surface area contributed by atoms with Crippen molar-refractivity contribution >= 4 is 57.6 Å². The minimum Gasteiger partial charge on any atom is -0.493 e. The largest absolute Gasteiger partial charge is 0.493 e. The maximum absolute atomic E-state index is 13.1. The second-order valence-corrected chi connectivity index (χ2v) is 9.43. The summed E-state index contributed by atoms with van der Waals surface area (Å²) in [7, 11) is 1.57. The third kappa shape index (κ3) is 4.44. The normalized spacial score (nSPS) is 15.8. The molecule has 0 bridgehead atoms. The summed E-state index contributed by atoms with van der Waals surface area (Å²) in [4.78, 5) is 15.1. The summed E-state index contributed by atoms with van der Waals surface area (Å²) in [6.07, 6.45) is 1.78. The van der Waals surface area contributed by atoms with Crippen molar-refractivity contribution in [3.8, 4) is 23.0 Å². The first-order valence-electron chi connectivity index (χ1n) is 10.3. The van der Waals surface area contributed by atoms with Crippen molar-refractivity contribution in [2.75, 3.05) is 18.8 Å². The lowest BCUT2D eigenvalue weighted by Crippen LogP contribution is -2.27. The average molecular weight is 512 g/mol. The topological polar surface area (TPSA) is 57.2 Å². The molecule has 3 aromatic rings. The monoisotopic (exact) mass is 511 g/mol. The predicted molar refractivity (Wildman–Crippen MR) is 137 cm³/mol. The van der Waals surface area contributed by atoms with Crippen molar-refractivity contribution in [1.29, 1.82) is 0 Å². The number of fused-ring (bicyclic) bond motifs is 1. The van der Waals surface area contributed by atoms with E-state index in [0.717, 1.165) is 11.1 Å². The minimum atomic E-state index is -0.202. The van der Waals surface area contributed by atoms with Crippen LogP contribution >= 0.6 is 35.6 Å². The fraction of sp³-hybridized carbons (Fsp3) is 0.120. The third-order valence-corrected chi connectivity index (χ3v) is 6.91. The van der Waals surface area contributed by atoms with E-state index < -0.39 is 0 Å². The van der Waals surface area contributed by atoms with Crippen LogP contribution in [-0.4, -0.2) is 24.1 Å². The van der Waals surface area contributed by atoms with Crippen LogP contribution in [0, 0.1) is 0 Å². The maximum atomic E-state index is 13.1. The number of thiocarbonyl (C=S) groups is 1. The van der Waals surface area contributed by atoms with Crippen molar-refractivity contribution in [2.45, 2.75) is 6.61 Å². The summed E-state index contributed by atoms with van der Waals surface area (Å²) in [5.41, 5.74) is 2.30. The Hall–Kier alpha value is -3.20. The Bertz CT molecular complexity index is 1330. The second-order valence-electron chi connectivity index (χ2n) is 7.35. The molecular formula is C25H18ClNO5S2. The van der Waals surface area contributed by atoms with Gasteiger partial charge in [-0.3, -0.25) is 9.69 Å². The number of nitrogens with zero attached hydrogens (tertiary/aromatic N) is 1. The van der Waals surface area contributed by atoms with E-state index in [-0.39, 0.29) is 12.7 Å². The molecule has 1 saturated heterocycles. The quantitative estimate of drug-likeness (QED) is 0.294. The predicted octanol–water partition coefficient (Wildman–Crippen LogP) is 6.06. The number of carbonyl (C=O) groups excluding carboxylic acids is 1. The van der Waals surface area contributed by atoms with E-state index in [1.165, 1.54) is 16.7 Å². The van der Waals surface area contributed by atoms with Crippen LogP contribution in [0.15, 0.2) is 65.6 Å². The molecule has 0 unspecified atom stereocenters. The van der Waals surface area contributed by atoms with Gasteiger partial charge < -0.3 is 18.9 Å². The number of carbonyl (C=O) groups is 1. The van der Waals surface area contributed by atoms with Gasteiger partial charge >= 0.3 is 0 Å². The van der Waals surface area contributed by atoms with E-state index in [0.29, 0.717) is 49.5 Å². The van der Waals surface area contributed by atoms with Crippen LogP contribution in [0.2, 0.25) is 5.02 Å². The molecule has 6 nitrogen and oxygen atoms in total. The zero-order valence-corrected chi connectivity index (χ0v) is 20.3. The van der Waals surface area contributed by atoms with Crippen LogP contribution in [0.3, 0.4) is 0 Å². The Kier molecular flexibility index (Phi) is 6.36. The van der Waals surface area contributed by atoms with Crippen molar-refractivity contribution < 1.29 is 23.7 Å². The number of ether oxygens (including phenoxy) is 4. The Morgan fingerprint density at radius 3 is 2.74 bits per heavy atom. The summed E-state index contributed by atoms with van der Waals surface area (Å²) in [5.74, 6) is 2.16. The lowest BCUT2D eigenvalue weighted by Gasteiger charge is -2.14. The number of halogens is 1. The van der Waals surface area contributed by atoms with Gasteiger partial charge in [-0.15, -0.1) is 0 Å². The van der Waals surface area contributed by atoms with Gasteiger partial charge in [-0.05, 0) is 42.0 Å². The summed E-state index contributed by atoms with van der Waals surface area (Å²) in [6, 6.07) is 18.3. The lowest BCUT2D eigenvalue weighted by molar-refractivity contribution is -0.113. The number of anilines is 1. The molecule has 9 heteroatoms. The van der Waals surface area contributed by atoms with E-state index in [1.807, 2.05) is 36.4 Å².